The van der Waals surface area contributed by atoms with Gasteiger partial charge in [0.25, 0.3) is 15.9 Å². The number of amides is 1. The Morgan fingerprint density at radius 1 is 1.04 bits per heavy atom. The van der Waals surface area contributed by atoms with Crippen molar-refractivity contribution in [2.45, 2.75) is 4.90 Å². The van der Waals surface area contributed by atoms with Gasteiger partial charge in [0.2, 0.25) is 0 Å². The van der Waals surface area contributed by atoms with Crippen molar-refractivity contribution >= 4 is 56.6 Å². The van der Waals surface area contributed by atoms with Crippen LogP contribution < -0.4 is 4.72 Å². The molecule has 0 spiro atoms. The molecule has 1 N–H and O–H groups in total. The summed E-state index contributed by atoms with van der Waals surface area (Å²) in [5, 5.41) is 0.354. The highest BCUT2D eigenvalue weighted by Gasteiger charge is 2.20. The molecule has 26 heavy (non-hydrogen) atoms. The van der Waals surface area contributed by atoms with E-state index >= 15 is 0 Å². The molecule has 0 atom stereocenters. The van der Waals surface area contributed by atoms with Crippen molar-refractivity contribution in [2.75, 3.05) is 29.3 Å². The van der Waals surface area contributed by atoms with Crippen LogP contribution >= 0.6 is 35.0 Å². The molecule has 2 aromatic rings. The minimum atomic E-state index is -3.88. The Morgan fingerprint density at radius 2 is 1.69 bits per heavy atom. The highest BCUT2D eigenvalue weighted by molar-refractivity contribution is 7.99. The Kier molecular flexibility index (Phi) is 6.02. The van der Waals surface area contributed by atoms with E-state index in [-0.39, 0.29) is 20.8 Å². The zero-order valence-corrected chi connectivity index (χ0v) is 16.8. The number of benzene rings is 2. The van der Waals surface area contributed by atoms with Gasteiger partial charge in [-0.05, 0) is 42.5 Å². The maximum atomic E-state index is 12.5. The van der Waals surface area contributed by atoms with Crippen molar-refractivity contribution in [1.29, 1.82) is 0 Å². The van der Waals surface area contributed by atoms with Crippen LogP contribution in [-0.4, -0.2) is 43.8 Å². The first kappa shape index (κ1) is 19.4. The van der Waals surface area contributed by atoms with Gasteiger partial charge in [0, 0.05) is 40.9 Å². The van der Waals surface area contributed by atoms with Crippen molar-refractivity contribution in [2.24, 2.45) is 0 Å². The molecule has 1 heterocycles. The number of rotatable bonds is 4. The van der Waals surface area contributed by atoms with Crippen molar-refractivity contribution in [3.05, 3.63) is 58.1 Å². The van der Waals surface area contributed by atoms with Gasteiger partial charge in [-0.15, -0.1) is 0 Å². The molecule has 1 aliphatic rings. The van der Waals surface area contributed by atoms with Gasteiger partial charge in [-0.1, -0.05) is 23.2 Å². The largest absolute Gasteiger partial charge is 0.337 e. The number of anilines is 1. The van der Waals surface area contributed by atoms with E-state index < -0.39 is 10.0 Å². The Hall–Kier alpha value is -1.41. The molecule has 0 aliphatic carbocycles. The fourth-order valence-corrected chi connectivity index (χ4v) is 5.25. The summed E-state index contributed by atoms with van der Waals surface area (Å²) in [5.41, 5.74) is 0.868. The summed E-state index contributed by atoms with van der Waals surface area (Å²) < 4.78 is 27.5. The Morgan fingerprint density at radius 3 is 2.35 bits per heavy atom. The smallest absolute Gasteiger partial charge is 0.263 e. The van der Waals surface area contributed by atoms with E-state index in [1.807, 2.05) is 11.8 Å². The number of carbonyl (C=O) groups excluding carboxylic acids is 1. The summed E-state index contributed by atoms with van der Waals surface area (Å²) in [5.74, 6) is 1.83. The number of sulfonamides is 1. The maximum absolute atomic E-state index is 12.5. The standard InChI is InChI=1S/C17H16Cl2N2O3S2/c18-13-3-6-15(19)16(11-13)26(23,24)20-14-4-1-12(2-5-14)17(22)21-7-9-25-10-8-21/h1-6,11,20H,7-10H2. The molecule has 1 saturated heterocycles. The maximum Gasteiger partial charge on any atom is 0.263 e. The first-order valence-electron chi connectivity index (χ1n) is 7.82. The number of carbonyl (C=O) groups is 1. The van der Waals surface area contributed by atoms with E-state index in [1.165, 1.54) is 18.2 Å². The first-order chi connectivity index (χ1) is 12.4. The number of thioether (sulfide) groups is 1. The number of nitrogens with zero attached hydrogens (tertiary/aromatic N) is 1. The summed E-state index contributed by atoms with van der Waals surface area (Å²) in [6.45, 7) is 1.45. The molecular weight excluding hydrogens is 415 g/mol. The fraction of sp³-hybridized carbons (Fsp3) is 0.235. The zero-order valence-electron chi connectivity index (χ0n) is 13.6. The van der Waals surface area contributed by atoms with Gasteiger partial charge in [-0.25, -0.2) is 8.42 Å². The molecule has 1 aliphatic heterocycles. The second kappa shape index (κ2) is 8.08. The third kappa shape index (κ3) is 4.46. The van der Waals surface area contributed by atoms with E-state index in [0.717, 1.165) is 24.6 Å². The van der Waals surface area contributed by atoms with E-state index in [4.69, 9.17) is 23.2 Å². The number of nitrogens with one attached hydrogen (secondary N) is 1. The molecule has 0 radical (unpaired) electrons. The lowest BCUT2D eigenvalue weighted by atomic mass is 10.2. The third-order valence-electron chi connectivity index (χ3n) is 3.87. The van der Waals surface area contributed by atoms with Gasteiger partial charge in [0.15, 0.2) is 0 Å². The lowest BCUT2D eigenvalue weighted by Gasteiger charge is -2.26. The number of halogens is 2. The molecule has 0 unspecified atom stereocenters. The lowest BCUT2D eigenvalue weighted by Crippen LogP contribution is -2.37. The minimum absolute atomic E-state index is 0.0439. The Bertz CT molecular complexity index is 912. The normalized spacial score (nSPS) is 14.9. The van der Waals surface area contributed by atoms with Crippen LogP contribution in [0, 0.1) is 0 Å². The molecule has 3 rings (SSSR count). The molecule has 0 saturated carbocycles. The van der Waals surface area contributed by atoms with Crippen molar-refractivity contribution in [3.63, 3.8) is 0 Å². The van der Waals surface area contributed by atoms with Gasteiger partial charge < -0.3 is 4.90 Å². The average molecular weight is 431 g/mol. The fourth-order valence-electron chi connectivity index (χ4n) is 2.52. The molecule has 138 valence electrons. The molecular formula is C17H16Cl2N2O3S2. The van der Waals surface area contributed by atoms with E-state index in [2.05, 4.69) is 4.72 Å². The third-order valence-corrected chi connectivity index (χ3v) is 6.91. The van der Waals surface area contributed by atoms with Gasteiger partial charge in [-0.2, -0.15) is 11.8 Å². The highest BCUT2D eigenvalue weighted by Crippen LogP contribution is 2.27. The van der Waals surface area contributed by atoms with Crippen LogP contribution in [0.25, 0.3) is 0 Å². The van der Waals surface area contributed by atoms with Gasteiger partial charge >= 0.3 is 0 Å². The van der Waals surface area contributed by atoms with E-state index in [9.17, 15) is 13.2 Å². The van der Waals surface area contributed by atoms with Gasteiger partial charge in [-0.3, -0.25) is 9.52 Å². The average Bonchev–Trinajstić information content (AvgIpc) is 2.64. The van der Waals surface area contributed by atoms with Gasteiger partial charge in [0.05, 0.1) is 5.02 Å². The van der Waals surface area contributed by atoms with Crippen molar-refractivity contribution in [1.82, 2.24) is 4.90 Å². The van der Waals surface area contributed by atoms with Crippen LogP contribution in [0.1, 0.15) is 10.4 Å². The molecule has 9 heteroatoms. The van der Waals surface area contributed by atoms with E-state index in [0.29, 0.717) is 11.3 Å². The Labute approximate surface area is 166 Å². The predicted octanol–water partition coefficient (Wildman–Crippen LogP) is 3.98. The second-order valence-electron chi connectivity index (χ2n) is 5.66. The monoisotopic (exact) mass is 430 g/mol. The summed E-state index contributed by atoms with van der Waals surface area (Å²) in [6, 6.07) is 10.6. The summed E-state index contributed by atoms with van der Waals surface area (Å²) in [6.07, 6.45) is 0. The van der Waals surface area contributed by atoms with Crippen molar-refractivity contribution in [3.8, 4) is 0 Å². The Balaban J connectivity index is 1.76. The van der Waals surface area contributed by atoms with Crippen molar-refractivity contribution < 1.29 is 13.2 Å². The highest BCUT2D eigenvalue weighted by atomic mass is 35.5. The minimum Gasteiger partial charge on any atom is -0.337 e. The van der Waals surface area contributed by atoms with Crippen LogP contribution in [0.4, 0.5) is 5.69 Å². The predicted molar refractivity (Wildman–Crippen MR) is 107 cm³/mol. The second-order valence-corrected chi connectivity index (χ2v) is 9.38. The van der Waals surface area contributed by atoms with Gasteiger partial charge in [0.1, 0.15) is 4.90 Å². The molecule has 5 nitrogen and oxygen atoms in total. The molecule has 0 aromatic heterocycles. The van der Waals surface area contributed by atoms with E-state index in [1.54, 1.807) is 29.2 Å². The quantitative estimate of drug-likeness (QED) is 0.795. The molecule has 1 amide bonds. The molecule has 1 fully saturated rings. The topological polar surface area (TPSA) is 66.5 Å². The first-order valence-corrected chi connectivity index (χ1v) is 11.2. The SMILES string of the molecule is O=C(c1ccc(NS(=O)(=O)c2cc(Cl)ccc2Cl)cc1)N1CCSCC1. The zero-order chi connectivity index (χ0) is 18.7. The number of hydrogen-bond donors (Lipinski definition) is 1. The summed E-state index contributed by atoms with van der Waals surface area (Å²) in [4.78, 5) is 14.2. The van der Waals surface area contributed by atoms with Crippen LogP contribution in [0.5, 0.6) is 0 Å². The summed E-state index contributed by atoms with van der Waals surface area (Å²) in [7, 11) is -3.88. The van der Waals surface area contributed by atoms with Crippen LogP contribution in [0.3, 0.4) is 0 Å². The summed E-state index contributed by atoms with van der Waals surface area (Å²) >= 11 is 13.7. The lowest BCUT2D eigenvalue weighted by molar-refractivity contribution is 0.0772. The molecule has 0 bridgehead atoms. The van der Waals surface area contributed by atoms with Crippen LogP contribution in [0.2, 0.25) is 10.0 Å². The van der Waals surface area contributed by atoms with Crippen LogP contribution in [0.15, 0.2) is 47.4 Å². The van der Waals surface area contributed by atoms with Crippen LogP contribution in [-0.2, 0) is 10.0 Å². The number of hydrogen-bond acceptors (Lipinski definition) is 4. The molecule has 2 aromatic carbocycles.